The second-order valence-electron chi connectivity index (χ2n) is 5.00. The molecule has 0 aromatic heterocycles. The van der Waals surface area contributed by atoms with Gasteiger partial charge >= 0.3 is 0 Å². The molecule has 1 N–H and O–H groups in total. The van der Waals surface area contributed by atoms with Gasteiger partial charge in [-0.25, -0.2) is 12.8 Å². The average Bonchev–Trinajstić information content (AvgIpc) is 2.39. The van der Waals surface area contributed by atoms with E-state index in [0.29, 0.717) is 19.0 Å². The number of sulfonamides is 1. The number of piperidine rings is 1. The van der Waals surface area contributed by atoms with Crippen molar-refractivity contribution in [2.75, 3.05) is 26.7 Å². The van der Waals surface area contributed by atoms with Gasteiger partial charge in [-0.2, -0.15) is 4.31 Å². The molecule has 1 aliphatic rings. The molecular formula is C13H18ClFN2O2S. The van der Waals surface area contributed by atoms with Crippen molar-refractivity contribution < 1.29 is 12.8 Å². The lowest BCUT2D eigenvalue weighted by molar-refractivity contribution is 0.263. The number of benzene rings is 1. The summed E-state index contributed by atoms with van der Waals surface area (Å²) >= 11 is 5.87. The Morgan fingerprint density at radius 1 is 1.50 bits per heavy atom. The Morgan fingerprint density at radius 2 is 2.25 bits per heavy atom. The van der Waals surface area contributed by atoms with E-state index in [-0.39, 0.29) is 9.92 Å². The lowest BCUT2D eigenvalue weighted by Crippen LogP contribution is -2.42. The molecule has 1 saturated heterocycles. The molecule has 0 aliphatic carbocycles. The second-order valence-corrected chi connectivity index (χ2v) is 7.32. The van der Waals surface area contributed by atoms with E-state index in [9.17, 15) is 12.8 Å². The Kier molecular flexibility index (Phi) is 5.01. The van der Waals surface area contributed by atoms with E-state index in [1.165, 1.54) is 10.4 Å². The summed E-state index contributed by atoms with van der Waals surface area (Å²) in [5, 5.41) is 3.00. The number of hydrogen-bond acceptors (Lipinski definition) is 3. The van der Waals surface area contributed by atoms with Crippen LogP contribution in [0.5, 0.6) is 0 Å². The fourth-order valence-corrected chi connectivity index (χ4v) is 4.58. The summed E-state index contributed by atoms with van der Waals surface area (Å²) in [7, 11) is -1.80. The van der Waals surface area contributed by atoms with Crippen molar-refractivity contribution in [3.05, 3.63) is 29.0 Å². The first-order valence-electron chi connectivity index (χ1n) is 6.55. The maximum absolute atomic E-state index is 13.0. The molecule has 20 heavy (non-hydrogen) atoms. The first kappa shape index (κ1) is 15.7. The Balaban J connectivity index is 2.25. The first-order valence-corrected chi connectivity index (χ1v) is 8.36. The van der Waals surface area contributed by atoms with Gasteiger partial charge in [-0.3, -0.25) is 0 Å². The van der Waals surface area contributed by atoms with Crippen LogP contribution in [0.25, 0.3) is 0 Å². The smallest absolute Gasteiger partial charge is 0.244 e. The van der Waals surface area contributed by atoms with Crippen LogP contribution >= 0.6 is 11.6 Å². The summed E-state index contributed by atoms with van der Waals surface area (Å²) in [5.41, 5.74) is 0. The Hall–Kier alpha value is -0.690. The van der Waals surface area contributed by atoms with E-state index >= 15 is 0 Å². The van der Waals surface area contributed by atoms with Crippen molar-refractivity contribution in [2.24, 2.45) is 5.92 Å². The van der Waals surface area contributed by atoms with E-state index < -0.39 is 15.8 Å². The SMILES string of the molecule is CNCC1CCCN(S(=O)(=O)c2ccc(F)cc2Cl)C1. The van der Waals surface area contributed by atoms with Gasteiger partial charge in [-0.15, -0.1) is 0 Å². The van der Waals surface area contributed by atoms with E-state index in [1.54, 1.807) is 0 Å². The normalized spacial score (nSPS) is 21.1. The summed E-state index contributed by atoms with van der Waals surface area (Å²) in [4.78, 5) is -0.0225. The van der Waals surface area contributed by atoms with E-state index in [1.807, 2.05) is 7.05 Å². The summed E-state index contributed by atoms with van der Waals surface area (Å²) in [6.07, 6.45) is 1.83. The maximum Gasteiger partial charge on any atom is 0.244 e. The Morgan fingerprint density at radius 3 is 2.90 bits per heavy atom. The van der Waals surface area contributed by atoms with Gasteiger partial charge in [-0.05, 0) is 50.6 Å². The van der Waals surface area contributed by atoms with Gasteiger partial charge in [0, 0.05) is 13.1 Å². The molecule has 1 aromatic rings. The molecule has 4 nitrogen and oxygen atoms in total. The van der Waals surface area contributed by atoms with Gasteiger partial charge in [0.15, 0.2) is 0 Å². The molecular weight excluding hydrogens is 303 g/mol. The average molecular weight is 321 g/mol. The fourth-order valence-electron chi connectivity index (χ4n) is 2.52. The largest absolute Gasteiger partial charge is 0.319 e. The van der Waals surface area contributed by atoms with Crippen LogP contribution in [0, 0.1) is 11.7 Å². The number of halogens is 2. The Bertz CT molecular complexity index is 578. The van der Waals surface area contributed by atoms with Gasteiger partial charge in [0.2, 0.25) is 10.0 Å². The van der Waals surface area contributed by atoms with Crippen LogP contribution in [-0.2, 0) is 10.0 Å². The number of hydrogen-bond donors (Lipinski definition) is 1. The molecule has 0 amide bonds. The zero-order valence-electron chi connectivity index (χ0n) is 11.3. The van der Waals surface area contributed by atoms with Gasteiger partial charge in [0.05, 0.1) is 5.02 Å². The third kappa shape index (κ3) is 3.31. The zero-order valence-corrected chi connectivity index (χ0v) is 12.8. The number of nitrogens with one attached hydrogen (secondary N) is 1. The highest BCUT2D eigenvalue weighted by Crippen LogP contribution is 2.28. The maximum atomic E-state index is 13.0. The summed E-state index contributed by atoms with van der Waals surface area (Å²) in [6.45, 7) is 1.73. The molecule has 1 heterocycles. The standard InChI is InChI=1S/C13H18ClFN2O2S/c1-16-8-10-3-2-6-17(9-10)20(18,19)13-5-4-11(15)7-12(13)14/h4-5,7,10,16H,2-3,6,8-9H2,1H3. The van der Waals surface area contributed by atoms with E-state index in [2.05, 4.69) is 5.32 Å². The van der Waals surface area contributed by atoms with Crippen molar-refractivity contribution in [2.45, 2.75) is 17.7 Å². The van der Waals surface area contributed by atoms with Gasteiger partial charge in [-0.1, -0.05) is 11.6 Å². The van der Waals surface area contributed by atoms with Gasteiger partial charge in [0.25, 0.3) is 0 Å². The molecule has 1 fully saturated rings. The zero-order chi connectivity index (χ0) is 14.8. The van der Waals surface area contributed by atoms with Crippen LogP contribution in [-0.4, -0.2) is 39.4 Å². The first-order chi connectivity index (χ1) is 9.45. The van der Waals surface area contributed by atoms with Crippen molar-refractivity contribution >= 4 is 21.6 Å². The van der Waals surface area contributed by atoms with Crippen LogP contribution in [0.4, 0.5) is 4.39 Å². The molecule has 7 heteroatoms. The van der Waals surface area contributed by atoms with Crippen molar-refractivity contribution in [1.29, 1.82) is 0 Å². The Labute approximate surface area is 124 Å². The molecule has 0 bridgehead atoms. The third-order valence-corrected chi connectivity index (χ3v) is 5.83. The van der Waals surface area contributed by atoms with Gasteiger partial charge in [0.1, 0.15) is 10.7 Å². The number of nitrogens with zero attached hydrogens (tertiary/aromatic N) is 1. The van der Waals surface area contributed by atoms with Crippen LogP contribution in [0.2, 0.25) is 5.02 Å². The quantitative estimate of drug-likeness (QED) is 0.924. The third-order valence-electron chi connectivity index (χ3n) is 3.49. The minimum Gasteiger partial charge on any atom is -0.319 e. The predicted octanol–water partition coefficient (Wildman–Crippen LogP) is 2.10. The molecule has 1 atom stereocenters. The highest BCUT2D eigenvalue weighted by atomic mass is 35.5. The van der Waals surface area contributed by atoms with Crippen LogP contribution < -0.4 is 5.32 Å². The minimum atomic E-state index is -3.65. The summed E-state index contributed by atoms with van der Waals surface area (Å²) in [6, 6.07) is 3.38. The van der Waals surface area contributed by atoms with E-state index in [0.717, 1.165) is 31.5 Å². The fraction of sp³-hybridized carbons (Fsp3) is 0.538. The molecule has 0 radical (unpaired) electrons. The van der Waals surface area contributed by atoms with Gasteiger partial charge < -0.3 is 5.32 Å². The lowest BCUT2D eigenvalue weighted by Gasteiger charge is -2.32. The number of rotatable bonds is 4. The molecule has 1 aliphatic heterocycles. The lowest BCUT2D eigenvalue weighted by atomic mass is 10.00. The monoisotopic (exact) mass is 320 g/mol. The van der Waals surface area contributed by atoms with Crippen molar-refractivity contribution in [1.82, 2.24) is 9.62 Å². The van der Waals surface area contributed by atoms with Crippen molar-refractivity contribution in [3.63, 3.8) is 0 Å². The van der Waals surface area contributed by atoms with Crippen molar-refractivity contribution in [3.8, 4) is 0 Å². The minimum absolute atomic E-state index is 0.0225. The molecule has 2 rings (SSSR count). The topological polar surface area (TPSA) is 49.4 Å². The highest BCUT2D eigenvalue weighted by Gasteiger charge is 2.31. The summed E-state index contributed by atoms with van der Waals surface area (Å²) < 4.78 is 39.6. The van der Waals surface area contributed by atoms with Crippen LogP contribution in [0.3, 0.4) is 0 Å². The van der Waals surface area contributed by atoms with Crippen LogP contribution in [0.1, 0.15) is 12.8 Å². The summed E-state index contributed by atoms with van der Waals surface area (Å²) in [5.74, 6) is -0.247. The predicted molar refractivity (Wildman–Crippen MR) is 76.8 cm³/mol. The van der Waals surface area contributed by atoms with Crippen LogP contribution in [0.15, 0.2) is 23.1 Å². The van der Waals surface area contributed by atoms with E-state index in [4.69, 9.17) is 11.6 Å². The molecule has 1 aromatic carbocycles. The molecule has 1 unspecified atom stereocenters. The second kappa shape index (κ2) is 6.39. The molecule has 0 spiro atoms. The molecule has 0 saturated carbocycles. The molecule has 112 valence electrons. The highest BCUT2D eigenvalue weighted by molar-refractivity contribution is 7.89.